The number of aromatic hydroxyl groups is 2. The molecule has 4 heteroatoms. The van der Waals surface area contributed by atoms with Crippen LogP contribution in [0.15, 0.2) is 82.8 Å². The minimum Gasteiger partial charge on any atom is -0.507 e. The maximum absolute atomic E-state index is 10.8. The Morgan fingerprint density at radius 1 is 0.553 bits per heavy atom. The average molecular weight is 505 g/mol. The summed E-state index contributed by atoms with van der Waals surface area (Å²) in [5, 5.41) is 21.6. The van der Waals surface area contributed by atoms with Crippen LogP contribution in [0.1, 0.15) is 72.9 Å². The van der Waals surface area contributed by atoms with Gasteiger partial charge in [0.25, 0.3) is 0 Å². The molecule has 4 aromatic carbocycles. The number of nitrogens with zero attached hydrogens (tertiary/aromatic N) is 2. The van der Waals surface area contributed by atoms with Crippen LogP contribution in [-0.4, -0.2) is 22.6 Å². The van der Waals surface area contributed by atoms with E-state index in [9.17, 15) is 10.2 Å². The van der Waals surface area contributed by atoms with E-state index in [1.165, 1.54) is 0 Å². The van der Waals surface area contributed by atoms with Crippen LogP contribution in [0.2, 0.25) is 0 Å². The van der Waals surface area contributed by atoms with Gasteiger partial charge in [-0.15, -0.1) is 0 Å². The quantitative estimate of drug-likeness (QED) is 0.246. The lowest BCUT2D eigenvalue weighted by Crippen LogP contribution is -1.93. The van der Waals surface area contributed by atoms with Crippen molar-refractivity contribution in [1.82, 2.24) is 0 Å². The minimum atomic E-state index is 0.214. The Labute approximate surface area is 226 Å². The Kier molecular flexibility index (Phi) is 8.11. The molecule has 0 fully saturated rings. The number of para-hydroxylation sites is 2. The molecule has 0 saturated carbocycles. The van der Waals surface area contributed by atoms with E-state index in [1.807, 2.05) is 60.7 Å². The van der Waals surface area contributed by atoms with Gasteiger partial charge in [0.1, 0.15) is 11.5 Å². The topological polar surface area (TPSA) is 65.2 Å². The predicted molar refractivity (Wildman–Crippen MR) is 160 cm³/mol. The van der Waals surface area contributed by atoms with Crippen molar-refractivity contribution in [2.24, 2.45) is 9.98 Å². The van der Waals surface area contributed by atoms with Crippen LogP contribution < -0.4 is 0 Å². The highest BCUT2D eigenvalue weighted by Crippen LogP contribution is 2.41. The van der Waals surface area contributed by atoms with Crippen molar-refractivity contribution in [2.75, 3.05) is 0 Å². The van der Waals surface area contributed by atoms with Crippen molar-refractivity contribution in [2.45, 2.75) is 53.4 Å². The van der Waals surface area contributed by atoms with Gasteiger partial charge in [-0.1, -0.05) is 76.2 Å². The zero-order valence-corrected chi connectivity index (χ0v) is 23.0. The van der Waals surface area contributed by atoms with Gasteiger partial charge in [-0.05, 0) is 72.2 Å². The first-order valence-electron chi connectivity index (χ1n) is 13.1. The summed E-state index contributed by atoms with van der Waals surface area (Å²) in [6, 6.07) is 23.6. The maximum atomic E-state index is 10.8. The van der Waals surface area contributed by atoms with Crippen LogP contribution in [0, 0.1) is 13.8 Å². The molecule has 0 aliphatic heterocycles. The molecule has 0 saturated heterocycles. The van der Waals surface area contributed by atoms with Crippen LogP contribution in [0.4, 0.5) is 11.4 Å². The largest absolute Gasteiger partial charge is 0.507 e. The second-order valence-electron chi connectivity index (χ2n) is 10.3. The molecule has 4 aromatic rings. The molecule has 194 valence electrons. The molecule has 0 unspecified atom stereocenters. The lowest BCUT2D eigenvalue weighted by molar-refractivity contribution is 0.463. The highest BCUT2D eigenvalue weighted by Gasteiger charge is 2.16. The Hall–Kier alpha value is -4.18. The normalized spacial score (nSPS) is 11.9. The SMILES string of the molecule is Cc1cccc(N=Cc2cccc(C(C)C)c2O)c1-c1c(C)cccc1N=Cc1cccc(C(C)C)c1O. The van der Waals surface area contributed by atoms with Gasteiger partial charge in [0.15, 0.2) is 0 Å². The van der Waals surface area contributed by atoms with Crippen LogP contribution in [0.5, 0.6) is 11.5 Å². The number of phenols is 2. The number of hydrogen-bond acceptors (Lipinski definition) is 4. The zero-order valence-electron chi connectivity index (χ0n) is 23.0. The first-order valence-corrected chi connectivity index (χ1v) is 13.1. The summed E-state index contributed by atoms with van der Waals surface area (Å²) >= 11 is 0. The molecule has 0 aliphatic rings. The fourth-order valence-electron chi connectivity index (χ4n) is 4.75. The fourth-order valence-corrected chi connectivity index (χ4v) is 4.75. The average Bonchev–Trinajstić information content (AvgIpc) is 2.88. The molecule has 0 bridgehead atoms. The fraction of sp³-hybridized carbons (Fsp3) is 0.235. The van der Waals surface area contributed by atoms with Crippen molar-refractivity contribution in [3.63, 3.8) is 0 Å². The lowest BCUT2D eigenvalue weighted by atomic mass is 9.93. The minimum absolute atomic E-state index is 0.214. The summed E-state index contributed by atoms with van der Waals surface area (Å²) in [7, 11) is 0. The molecule has 0 aromatic heterocycles. The Balaban J connectivity index is 1.81. The summed E-state index contributed by atoms with van der Waals surface area (Å²) in [6.07, 6.45) is 3.46. The van der Waals surface area contributed by atoms with Gasteiger partial charge in [-0.3, -0.25) is 9.98 Å². The number of aryl methyl sites for hydroxylation is 2. The molecule has 38 heavy (non-hydrogen) atoms. The lowest BCUT2D eigenvalue weighted by Gasteiger charge is -2.15. The van der Waals surface area contributed by atoms with E-state index in [2.05, 4.69) is 53.7 Å². The summed E-state index contributed by atoms with van der Waals surface area (Å²) < 4.78 is 0. The molecule has 0 atom stereocenters. The van der Waals surface area contributed by atoms with E-state index in [0.29, 0.717) is 11.1 Å². The zero-order chi connectivity index (χ0) is 27.4. The number of phenolic OH excluding ortho intramolecular Hbond substituents is 2. The summed E-state index contributed by atoms with van der Waals surface area (Å²) in [4.78, 5) is 9.69. The predicted octanol–water partition coefficient (Wildman–Crippen LogP) is 9.13. The monoisotopic (exact) mass is 504 g/mol. The second-order valence-corrected chi connectivity index (χ2v) is 10.3. The molecule has 4 nitrogen and oxygen atoms in total. The van der Waals surface area contributed by atoms with Crippen molar-refractivity contribution in [3.05, 3.63) is 106 Å². The van der Waals surface area contributed by atoms with Crippen molar-refractivity contribution < 1.29 is 10.2 Å². The van der Waals surface area contributed by atoms with Crippen molar-refractivity contribution in [3.8, 4) is 22.6 Å². The van der Waals surface area contributed by atoms with Gasteiger partial charge in [0.2, 0.25) is 0 Å². The summed E-state index contributed by atoms with van der Waals surface area (Å²) in [5.41, 5.74) is 8.93. The van der Waals surface area contributed by atoms with Gasteiger partial charge >= 0.3 is 0 Å². The molecular weight excluding hydrogens is 468 g/mol. The van der Waals surface area contributed by atoms with E-state index in [-0.39, 0.29) is 23.3 Å². The van der Waals surface area contributed by atoms with Gasteiger partial charge in [0, 0.05) is 34.7 Å². The Bertz CT molecular complexity index is 1400. The van der Waals surface area contributed by atoms with Crippen LogP contribution >= 0.6 is 0 Å². The summed E-state index contributed by atoms with van der Waals surface area (Å²) in [5.74, 6) is 0.965. The summed E-state index contributed by atoms with van der Waals surface area (Å²) in [6.45, 7) is 12.4. The molecule has 0 aliphatic carbocycles. The maximum Gasteiger partial charge on any atom is 0.127 e. The van der Waals surface area contributed by atoms with Gasteiger partial charge < -0.3 is 10.2 Å². The number of rotatable bonds is 7. The smallest absolute Gasteiger partial charge is 0.127 e. The van der Waals surface area contributed by atoms with Gasteiger partial charge in [-0.2, -0.15) is 0 Å². The molecule has 0 heterocycles. The number of aliphatic imine (C=N–C) groups is 2. The molecule has 0 radical (unpaired) electrons. The number of hydrogen-bond donors (Lipinski definition) is 2. The van der Waals surface area contributed by atoms with Crippen LogP contribution in [0.25, 0.3) is 11.1 Å². The van der Waals surface area contributed by atoms with Crippen LogP contribution in [0.3, 0.4) is 0 Å². The van der Waals surface area contributed by atoms with E-state index in [4.69, 9.17) is 9.98 Å². The van der Waals surface area contributed by atoms with Gasteiger partial charge in [0.05, 0.1) is 11.4 Å². The second kappa shape index (κ2) is 11.5. The third-order valence-electron chi connectivity index (χ3n) is 6.88. The molecule has 2 N–H and O–H groups in total. The van der Waals surface area contributed by atoms with E-state index < -0.39 is 0 Å². The van der Waals surface area contributed by atoms with E-state index in [0.717, 1.165) is 44.8 Å². The van der Waals surface area contributed by atoms with Crippen molar-refractivity contribution in [1.29, 1.82) is 0 Å². The Morgan fingerprint density at radius 2 is 0.921 bits per heavy atom. The third-order valence-corrected chi connectivity index (χ3v) is 6.88. The molecular formula is C34H36N2O2. The van der Waals surface area contributed by atoms with E-state index in [1.54, 1.807) is 12.4 Å². The number of benzene rings is 4. The van der Waals surface area contributed by atoms with Crippen LogP contribution in [-0.2, 0) is 0 Å². The van der Waals surface area contributed by atoms with Gasteiger partial charge in [-0.25, -0.2) is 0 Å². The first kappa shape index (κ1) is 26.9. The van der Waals surface area contributed by atoms with E-state index >= 15 is 0 Å². The molecule has 0 spiro atoms. The van der Waals surface area contributed by atoms with Crippen molar-refractivity contribution >= 4 is 23.8 Å². The third kappa shape index (κ3) is 5.55. The highest BCUT2D eigenvalue weighted by atomic mass is 16.3. The first-order chi connectivity index (χ1) is 18.2. The molecule has 0 amide bonds. The molecule has 4 rings (SSSR count). The Morgan fingerprint density at radius 3 is 1.29 bits per heavy atom. The highest BCUT2D eigenvalue weighted by molar-refractivity contribution is 5.94. The standard InChI is InChI=1S/C34H36N2O2/c1-21(2)27-15-9-13-25(33(27)37)19-35-29-17-7-11-23(5)31(29)32-24(6)12-8-18-30(32)36-20-26-14-10-16-28(22(3)4)34(26)38/h7-22,37-38H,1-6H3.